The van der Waals surface area contributed by atoms with Crippen molar-refractivity contribution in [2.75, 3.05) is 5.32 Å². The topological polar surface area (TPSA) is 24.4 Å². The monoisotopic (exact) mass is 188 g/mol. The Morgan fingerprint density at radius 1 is 1.21 bits per heavy atom. The molecule has 1 unspecified atom stereocenters. The van der Waals surface area contributed by atoms with Gasteiger partial charge >= 0.3 is 0 Å². The van der Waals surface area contributed by atoms with Gasteiger partial charge in [-0.05, 0) is 11.5 Å². The van der Waals surface area contributed by atoms with Crippen LogP contribution in [0.4, 0.5) is 5.69 Å². The molecule has 1 aliphatic rings. The van der Waals surface area contributed by atoms with Crippen molar-refractivity contribution in [1.82, 2.24) is 0 Å². The van der Waals surface area contributed by atoms with Gasteiger partial charge in [0.25, 0.3) is 0 Å². The van der Waals surface area contributed by atoms with Crippen LogP contribution >= 0.6 is 0 Å². The summed E-state index contributed by atoms with van der Waals surface area (Å²) in [5, 5.41) is 3.17. The molecule has 1 heterocycles. The minimum Gasteiger partial charge on any atom is -0.346 e. The molecule has 1 aromatic carbocycles. The molecule has 0 fully saturated rings. The normalized spacial score (nSPS) is 20.1. The van der Waals surface area contributed by atoms with Gasteiger partial charge in [-0.25, -0.2) is 0 Å². The van der Waals surface area contributed by atoms with Crippen LogP contribution in [-0.4, -0.2) is 6.34 Å². The molecule has 2 rings (SSSR count). The summed E-state index contributed by atoms with van der Waals surface area (Å²) in [7, 11) is 0. The predicted octanol–water partition coefficient (Wildman–Crippen LogP) is 3.23. The molecular weight excluding hydrogens is 172 g/mol. The third-order valence-corrected chi connectivity index (χ3v) is 2.52. The van der Waals surface area contributed by atoms with E-state index in [0.29, 0.717) is 0 Å². The van der Waals surface area contributed by atoms with Crippen LogP contribution in [-0.2, 0) is 0 Å². The number of benzene rings is 1. The zero-order valence-corrected chi connectivity index (χ0v) is 8.91. The number of fused-ring (bicyclic) bond motifs is 1. The molecule has 0 saturated carbocycles. The number of hydrogen-bond acceptors (Lipinski definition) is 2. The number of anilines is 1. The molecule has 0 spiro atoms. The molecule has 0 aliphatic carbocycles. The largest absolute Gasteiger partial charge is 0.346 e. The van der Waals surface area contributed by atoms with E-state index in [0.717, 1.165) is 0 Å². The van der Waals surface area contributed by atoms with Crippen LogP contribution in [0.5, 0.6) is 0 Å². The smallest absolute Gasteiger partial charge is 0.0875 e. The van der Waals surface area contributed by atoms with Crippen molar-refractivity contribution in [1.29, 1.82) is 0 Å². The van der Waals surface area contributed by atoms with Crippen molar-refractivity contribution in [3.8, 4) is 0 Å². The minimum atomic E-state index is 0.175. The Balaban J connectivity index is 2.46. The molecule has 0 aromatic heterocycles. The Kier molecular flexibility index (Phi) is 2.06. The number of nitrogens with zero attached hydrogens (tertiary/aromatic N) is 1. The fourth-order valence-corrected chi connectivity index (χ4v) is 1.82. The number of hydrogen-bond donors (Lipinski definition) is 1. The third kappa shape index (κ3) is 1.52. The molecule has 1 aliphatic heterocycles. The number of aliphatic imine (C=N–C) groups is 1. The van der Waals surface area contributed by atoms with Crippen LogP contribution in [0.3, 0.4) is 0 Å². The van der Waals surface area contributed by atoms with Gasteiger partial charge in [-0.3, -0.25) is 4.99 Å². The van der Waals surface area contributed by atoms with Gasteiger partial charge in [-0.1, -0.05) is 39.0 Å². The molecular formula is C12H16N2. The van der Waals surface area contributed by atoms with Crippen LogP contribution in [0.2, 0.25) is 0 Å². The highest BCUT2D eigenvalue weighted by atomic mass is 15.0. The first-order chi connectivity index (χ1) is 6.59. The molecule has 1 aromatic rings. The van der Waals surface area contributed by atoms with Crippen LogP contribution < -0.4 is 5.32 Å². The van der Waals surface area contributed by atoms with Crippen molar-refractivity contribution < 1.29 is 0 Å². The standard InChI is InChI=1S/C12H16N2/c1-12(2,3)11-9-6-4-5-7-10(9)13-8-14-11/h4-8,11H,1-3H3,(H,13,14). The summed E-state index contributed by atoms with van der Waals surface area (Å²) in [5.74, 6) is 0. The zero-order valence-electron chi connectivity index (χ0n) is 8.91. The summed E-state index contributed by atoms with van der Waals surface area (Å²) in [6.45, 7) is 6.66. The van der Waals surface area contributed by atoms with E-state index in [1.165, 1.54) is 11.3 Å². The zero-order chi connectivity index (χ0) is 10.2. The van der Waals surface area contributed by atoms with E-state index < -0.39 is 0 Å². The Morgan fingerprint density at radius 3 is 2.64 bits per heavy atom. The predicted molar refractivity (Wildman–Crippen MR) is 60.8 cm³/mol. The second kappa shape index (κ2) is 3.12. The molecule has 2 nitrogen and oxygen atoms in total. The van der Waals surface area contributed by atoms with Crippen molar-refractivity contribution >= 4 is 12.0 Å². The lowest BCUT2D eigenvalue weighted by Gasteiger charge is -2.31. The van der Waals surface area contributed by atoms with Gasteiger partial charge in [-0.15, -0.1) is 0 Å². The Hall–Kier alpha value is -1.31. The fourth-order valence-electron chi connectivity index (χ4n) is 1.82. The van der Waals surface area contributed by atoms with Crippen molar-refractivity contribution in [2.24, 2.45) is 10.4 Å². The first-order valence-corrected chi connectivity index (χ1v) is 4.96. The van der Waals surface area contributed by atoms with E-state index in [9.17, 15) is 0 Å². The Bertz CT molecular complexity index is 361. The van der Waals surface area contributed by atoms with Crippen LogP contribution in [0.25, 0.3) is 0 Å². The van der Waals surface area contributed by atoms with Crippen LogP contribution in [0.1, 0.15) is 32.4 Å². The average molecular weight is 188 g/mol. The van der Waals surface area contributed by atoms with E-state index in [4.69, 9.17) is 0 Å². The van der Waals surface area contributed by atoms with Crippen LogP contribution in [0, 0.1) is 5.41 Å². The summed E-state index contributed by atoms with van der Waals surface area (Å²) < 4.78 is 0. The highest BCUT2D eigenvalue weighted by Crippen LogP contribution is 2.40. The molecule has 2 heteroatoms. The maximum atomic E-state index is 4.51. The average Bonchev–Trinajstić information content (AvgIpc) is 2.15. The van der Waals surface area contributed by atoms with E-state index in [-0.39, 0.29) is 11.5 Å². The van der Waals surface area contributed by atoms with Gasteiger partial charge in [0.05, 0.1) is 12.4 Å². The quantitative estimate of drug-likeness (QED) is 0.664. The Morgan fingerprint density at radius 2 is 1.93 bits per heavy atom. The van der Waals surface area contributed by atoms with Gasteiger partial charge in [0.1, 0.15) is 0 Å². The molecule has 74 valence electrons. The van der Waals surface area contributed by atoms with Crippen molar-refractivity contribution in [3.63, 3.8) is 0 Å². The molecule has 1 N–H and O–H groups in total. The minimum absolute atomic E-state index is 0.175. The summed E-state index contributed by atoms with van der Waals surface area (Å²) in [6.07, 6.45) is 1.80. The van der Waals surface area contributed by atoms with Gasteiger partial charge in [-0.2, -0.15) is 0 Å². The first kappa shape index (κ1) is 9.25. The number of rotatable bonds is 0. The maximum absolute atomic E-state index is 4.51. The van der Waals surface area contributed by atoms with Gasteiger partial charge in [0.15, 0.2) is 0 Å². The number of para-hydroxylation sites is 1. The van der Waals surface area contributed by atoms with E-state index >= 15 is 0 Å². The lowest BCUT2D eigenvalue weighted by molar-refractivity contribution is 0.329. The molecule has 0 radical (unpaired) electrons. The molecule has 0 bridgehead atoms. The Labute approximate surface area is 85.1 Å². The van der Waals surface area contributed by atoms with Crippen LogP contribution in [0.15, 0.2) is 29.3 Å². The van der Waals surface area contributed by atoms with E-state index in [1.807, 2.05) is 6.07 Å². The molecule has 0 saturated heterocycles. The fraction of sp³-hybridized carbons (Fsp3) is 0.417. The summed E-state index contributed by atoms with van der Waals surface area (Å²) in [5.41, 5.74) is 2.65. The van der Waals surface area contributed by atoms with E-state index in [1.54, 1.807) is 6.34 Å². The summed E-state index contributed by atoms with van der Waals surface area (Å²) >= 11 is 0. The maximum Gasteiger partial charge on any atom is 0.0875 e. The highest BCUT2D eigenvalue weighted by molar-refractivity contribution is 5.80. The molecule has 14 heavy (non-hydrogen) atoms. The third-order valence-electron chi connectivity index (χ3n) is 2.52. The molecule has 0 amide bonds. The summed E-state index contributed by atoms with van der Waals surface area (Å²) in [6, 6.07) is 8.62. The lowest BCUT2D eigenvalue weighted by atomic mass is 9.82. The summed E-state index contributed by atoms with van der Waals surface area (Å²) in [4.78, 5) is 4.51. The van der Waals surface area contributed by atoms with Crippen molar-refractivity contribution in [2.45, 2.75) is 26.8 Å². The highest BCUT2D eigenvalue weighted by Gasteiger charge is 2.28. The van der Waals surface area contributed by atoms with Gasteiger partial charge in [0, 0.05) is 11.3 Å². The van der Waals surface area contributed by atoms with Crippen molar-refractivity contribution in [3.05, 3.63) is 29.8 Å². The first-order valence-electron chi connectivity index (χ1n) is 4.96. The van der Waals surface area contributed by atoms with E-state index in [2.05, 4.69) is 49.3 Å². The SMILES string of the molecule is CC(C)(C)C1N=CNc2ccccc21. The second-order valence-corrected chi connectivity index (χ2v) is 4.78. The van der Waals surface area contributed by atoms with Gasteiger partial charge in [0.2, 0.25) is 0 Å². The lowest BCUT2D eigenvalue weighted by Crippen LogP contribution is -2.21. The van der Waals surface area contributed by atoms with Gasteiger partial charge < -0.3 is 5.32 Å². The number of nitrogens with one attached hydrogen (secondary N) is 1. The molecule has 1 atom stereocenters. The second-order valence-electron chi connectivity index (χ2n) is 4.78.